The van der Waals surface area contributed by atoms with E-state index in [2.05, 4.69) is 4.99 Å². The average molecular weight is 261 g/mol. The molecule has 0 aromatic heterocycles. The molecule has 0 heterocycles. The van der Waals surface area contributed by atoms with Gasteiger partial charge in [0.2, 0.25) is 6.08 Å². The summed E-state index contributed by atoms with van der Waals surface area (Å²) in [6.45, 7) is 7.50. The number of rotatable bonds is 4. The summed E-state index contributed by atoms with van der Waals surface area (Å²) in [7, 11) is 0. The lowest BCUT2D eigenvalue weighted by molar-refractivity contribution is -0.141. The van der Waals surface area contributed by atoms with Crippen LogP contribution in [0.1, 0.15) is 50.8 Å². The first-order chi connectivity index (χ1) is 8.77. The average Bonchev–Trinajstić information content (AvgIpc) is 2.27. The number of benzene rings is 1. The molecular formula is C15H19NO3. The van der Waals surface area contributed by atoms with E-state index in [1.807, 2.05) is 32.9 Å². The second-order valence-electron chi connectivity index (χ2n) is 5.70. The largest absolute Gasteiger partial charge is 0.481 e. The fourth-order valence-corrected chi connectivity index (χ4v) is 2.13. The zero-order chi connectivity index (χ0) is 14.6. The number of isocyanates is 1. The van der Waals surface area contributed by atoms with Crippen LogP contribution in [0, 0.1) is 5.41 Å². The minimum Gasteiger partial charge on any atom is -0.481 e. The quantitative estimate of drug-likeness (QED) is 0.668. The first-order valence-electron chi connectivity index (χ1n) is 6.17. The third-order valence-corrected chi connectivity index (χ3v) is 3.11. The number of carboxylic acids is 1. The molecule has 0 bridgehead atoms. The van der Waals surface area contributed by atoms with Crippen molar-refractivity contribution >= 4 is 12.0 Å². The predicted molar refractivity (Wildman–Crippen MR) is 72.8 cm³/mol. The lowest BCUT2D eigenvalue weighted by atomic mass is 9.76. The van der Waals surface area contributed by atoms with Crippen molar-refractivity contribution in [1.29, 1.82) is 0 Å². The zero-order valence-electron chi connectivity index (χ0n) is 11.7. The zero-order valence-corrected chi connectivity index (χ0v) is 11.7. The minimum atomic E-state index is -0.834. The van der Waals surface area contributed by atoms with Gasteiger partial charge in [0.05, 0.1) is 12.0 Å². The van der Waals surface area contributed by atoms with Crippen molar-refractivity contribution in [3.63, 3.8) is 0 Å². The third-order valence-electron chi connectivity index (χ3n) is 3.11. The fraction of sp³-hybridized carbons (Fsp3) is 0.467. The van der Waals surface area contributed by atoms with Gasteiger partial charge in [-0.15, -0.1) is 0 Å². The Morgan fingerprint density at radius 2 is 1.68 bits per heavy atom. The molecule has 19 heavy (non-hydrogen) atoms. The highest BCUT2D eigenvalue weighted by molar-refractivity contribution is 5.77. The van der Waals surface area contributed by atoms with Gasteiger partial charge in [0.15, 0.2) is 0 Å². The maximum absolute atomic E-state index is 11.4. The number of nitrogens with zero attached hydrogens (tertiary/aromatic N) is 1. The van der Waals surface area contributed by atoms with Gasteiger partial charge in [-0.05, 0) is 23.5 Å². The summed E-state index contributed by atoms with van der Waals surface area (Å²) in [5.41, 5.74) is 1.26. The van der Waals surface area contributed by atoms with Gasteiger partial charge in [0.25, 0.3) is 0 Å². The van der Waals surface area contributed by atoms with Crippen LogP contribution in [0.2, 0.25) is 0 Å². The van der Waals surface area contributed by atoms with Crippen molar-refractivity contribution in [1.82, 2.24) is 0 Å². The van der Waals surface area contributed by atoms with E-state index < -0.39 is 11.9 Å². The van der Waals surface area contributed by atoms with Gasteiger partial charge in [0, 0.05) is 0 Å². The van der Waals surface area contributed by atoms with E-state index >= 15 is 0 Å². The summed E-state index contributed by atoms with van der Waals surface area (Å²) in [5, 5.41) is 9.36. The van der Waals surface area contributed by atoms with Crippen LogP contribution in [0.3, 0.4) is 0 Å². The number of aliphatic carboxylic acids is 1. The van der Waals surface area contributed by atoms with Crippen molar-refractivity contribution in [3.8, 4) is 0 Å². The number of hydrogen-bond acceptors (Lipinski definition) is 3. The maximum atomic E-state index is 11.4. The molecule has 0 aliphatic heterocycles. The molecule has 102 valence electrons. The maximum Gasteiger partial charge on any atom is 0.311 e. The van der Waals surface area contributed by atoms with Gasteiger partial charge in [-0.1, -0.05) is 45.0 Å². The van der Waals surface area contributed by atoms with Crippen LogP contribution in [0.25, 0.3) is 0 Å². The van der Waals surface area contributed by atoms with E-state index in [1.54, 1.807) is 19.1 Å². The normalized spacial score (nSPS) is 14.3. The molecule has 0 amide bonds. The van der Waals surface area contributed by atoms with Crippen molar-refractivity contribution in [2.24, 2.45) is 10.4 Å². The predicted octanol–water partition coefficient (Wildman–Crippen LogP) is 3.30. The van der Waals surface area contributed by atoms with Gasteiger partial charge in [-0.2, -0.15) is 4.99 Å². The highest BCUT2D eigenvalue weighted by Crippen LogP contribution is 2.35. The van der Waals surface area contributed by atoms with Crippen LogP contribution in [0.5, 0.6) is 0 Å². The Morgan fingerprint density at radius 1 is 1.21 bits per heavy atom. The fourth-order valence-electron chi connectivity index (χ4n) is 2.13. The standard InChI is InChI=1S/C15H19NO3/c1-10(16-9-17)11-5-7-12(8-6-11)13(14(18)19)15(2,3)4/h5-8,10,13H,1-4H3,(H,18,19). The van der Waals surface area contributed by atoms with Crippen molar-refractivity contribution in [2.75, 3.05) is 0 Å². The monoisotopic (exact) mass is 261 g/mol. The van der Waals surface area contributed by atoms with Gasteiger partial charge in [-0.25, -0.2) is 4.79 Å². The topological polar surface area (TPSA) is 66.7 Å². The Kier molecular flexibility index (Phi) is 4.62. The second-order valence-corrected chi connectivity index (χ2v) is 5.70. The first kappa shape index (κ1) is 15.1. The van der Waals surface area contributed by atoms with Crippen molar-refractivity contribution in [3.05, 3.63) is 35.4 Å². The number of carbonyl (C=O) groups excluding carboxylic acids is 1. The Labute approximate surface area is 113 Å². The van der Waals surface area contributed by atoms with Crippen molar-refractivity contribution in [2.45, 2.75) is 39.7 Å². The summed E-state index contributed by atoms with van der Waals surface area (Å²) in [4.78, 5) is 25.2. The molecule has 0 aliphatic carbocycles. The molecule has 0 saturated heterocycles. The molecule has 1 N–H and O–H groups in total. The number of hydrogen-bond donors (Lipinski definition) is 1. The van der Waals surface area contributed by atoms with Gasteiger partial charge < -0.3 is 5.11 Å². The second kappa shape index (κ2) is 5.81. The van der Waals surface area contributed by atoms with Gasteiger partial charge >= 0.3 is 5.97 Å². The molecule has 0 fully saturated rings. The number of carboxylic acid groups (broad SMARTS) is 1. The summed E-state index contributed by atoms with van der Waals surface area (Å²) in [5.74, 6) is -1.40. The molecule has 4 heteroatoms. The van der Waals surface area contributed by atoms with Crippen LogP contribution < -0.4 is 0 Å². The van der Waals surface area contributed by atoms with Crippen LogP contribution in [-0.2, 0) is 9.59 Å². The Morgan fingerprint density at radius 3 is 2.05 bits per heavy atom. The summed E-state index contributed by atoms with van der Waals surface area (Å²) in [6, 6.07) is 6.93. The first-order valence-corrected chi connectivity index (χ1v) is 6.17. The van der Waals surface area contributed by atoms with E-state index in [4.69, 9.17) is 0 Å². The van der Waals surface area contributed by atoms with E-state index in [1.165, 1.54) is 6.08 Å². The molecule has 1 aromatic rings. The molecule has 1 aromatic carbocycles. The van der Waals surface area contributed by atoms with Crippen LogP contribution in [0.15, 0.2) is 29.3 Å². The summed E-state index contributed by atoms with van der Waals surface area (Å²) < 4.78 is 0. The summed E-state index contributed by atoms with van der Waals surface area (Å²) >= 11 is 0. The molecule has 4 nitrogen and oxygen atoms in total. The molecule has 2 unspecified atom stereocenters. The molecular weight excluding hydrogens is 242 g/mol. The van der Waals surface area contributed by atoms with Crippen molar-refractivity contribution < 1.29 is 14.7 Å². The minimum absolute atomic E-state index is 0.260. The lowest BCUT2D eigenvalue weighted by Gasteiger charge is -2.27. The SMILES string of the molecule is CC(N=C=O)c1ccc(C(C(=O)O)C(C)(C)C)cc1. The van der Waals surface area contributed by atoms with Gasteiger partial charge in [0.1, 0.15) is 0 Å². The van der Waals surface area contributed by atoms with E-state index in [9.17, 15) is 14.7 Å². The van der Waals surface area contributed by atoms with E-state index in [0.717, 1.165) is 11.1 Å². The van der Waals surface area contributed by atoms with E-state index in [-0.39, 0.29) is 11.5 Å². The highest BCUT2D eigenvalue weighted by Gasteiger charge is 2.32. The summed E-state index contributed by atoms with van der Waals surface area (Å²) in [6.07, 6.45) is 1.53. The van der Waals surface area contributed by atoms with E-state index in [0.29, 0.717) is 0 Å². The molecule has 0 aliphatic rings. The molecule has 1 rings (SSSR count). The van der Waals surface area contributed by atoms with Crippen LogP contribution >= 0.6 is 0 Å². The Hall–Kier alpha value is -1.93. The number of carbonyl (C=O) groups is 1. The molecule has 2 atom stereocenters. The van der Waals surface area contributed by atoms with Gasteiger partial charge in [-0.3, -0.25) is 4.79 Å². The molecule has 0 saturated carbocycles. The lowest BCUT2D eigenvalue weighted by Crippen LogP contribution is -2.26. The Bertz CT molecular complexity index is 493. The van der Waals surface area contributed by atoms with Crippen LogP contribution in [-0.4, -0.2) is 17.2 Å². The molecule has 0 spiro atoms. The Balaban J connectivity index is 3.09. The van der Waals surface area contributed by atoms with Crippen LogP contribution in [0.4, 0.5) is 0 Å². The smallest absolute Gasteiger partial charge is 0.311 e. The molecule has 0 radical (unpaired) electrons. The number of aliphatic imine (C=N–C) groups is 1. The third kappa shape index (κ3) is 3.76. The highest BCUT2D eigenvalue weighted by atomic mass is 16.4.